The van der Waals surface area contributed by atoms with E-state index in [1.54, 1.807) is 0 Å². The Morgan fingerprint density at radius 3 is 2.94 bits per heavy atom. The molecule has 2 rings (SSSR count). The Kier molecular flexibility index (Phi) is 4.54. The van der Waals surface area contributed by atoms with Crippen molar-refractivity contribution in [2.45, 2.75) is 25.4 Å². The summed E-state index contributed by atoms with van der Waals surface area (Å²) in [6.07, 6.45) is 1.80. The van der Waals surface area contributed by atoms with Gasteiger partial charge in [0.25, 0.3) is 0 Å². The third-order valence-corrected chi connectivity index (χ3v) is 3.19. The van der Waals surface area contributed by atoms with Crippen LogP contribution >= 0.6 is 0 Å². The number of benzene rings is 1. The predicted molar refractivity (Wildman–Crippen MR) is 68.4 cm³/mol. The van der Waals surface area contributed by atoms with Crippen molar-refractivity contribution in [3.05, 3.63) is 35.9 Å². The van der Waals surface area contributed by atoms with Crippen LogP contribution < -0.4 is 5.32 Å². The van der Waals surface area contributed by atoms with Gasteiger partial charge in [-0.15, -0.1) is 0 Å². The van der Waals surface area contributed by atoms with E-state index in [0.29, 0.717) is 12.5 Å². The molecule has 3 nitrogen and oxygen atoms in total. The van der Waals surface area contributed by atoms with Gasteiger partial charge in [-0.3, -0.25) is 4.90 Å². The van der Waals surface area contributed by atoms with Gasteiger partial charge in [0.05, 0.1) is 6.07 Å². The van der Waals surface area contributed by atoms with E-state index in [2.05, 4.69) is 46.6 Å². The number of rotatable bonds is 5. The highest BCUT2D eigenvalue weighted by Crippen LogP contribution is 2.13. The van der Waals surface area contributed by atoms with Crippen LogP contribution in [0.2, 0.25) is 0 Å². The Morgan fingerprint density at radius 2 is 2.18 bits per heavy atom. The van der Waals surface area contributed by atoms with Crippen molar-refractivity contribution < 1.29 is 0 Å². The highest BCUT2D eigenvalue weighted by Gasteiger charge is 2.21. The number of nitriles is 1. The maximum absolute atomic E-state index is 8.49. The van der Waals surface area contributed by atoms with Crippen molar-refractivity contribution in [3.63, 3.8) is 0 Å². The number of nitrogens with zero attached hydrogens (tertiary/aromatic N) is 2. The first kappa shape index (κ1) is 12.1. The summed E-state index contributed by atoms with van der Waals surface area (Å²) in [4.78, 5) is 2.47. The minimum absolute atomic E-state index is 0.562. The lowest BCUT2D eigenvalue weighted by Crippen LogP contribution is -2.32. The van der Waals surface area contributed by atoms with E-state index in [0.717, 1.165) is 26.2 Å². The van der Waals surface area contributed by atoms with Crippen LogP contribution in [0.25, 0.3) is 0 Å². The Labute approximate surface area is 103 Å². The summed E-state index contributed by atoms with van der Waals surface area (Å²) in [5.41, 5.74) is 1.38. The zero-order valence-corrected chi connectivity index (χ0v) is 10.1. The molecule has 1 aliphatic heterocycles. The van der Waals surface area contributed by atoms with Gasteiger partial charge in [-0.25, -0.2) is 0 Å². The van der Waals surface area contributed by atoms with E-state index in [9.17, 15) is 0 Å². The molecule has 1 aromatic rings. The average molecular weight is 229 g/mol. The van der Waals surface area contributed by atoms with Crippen LogP contribution in [0.3, 0.4) is 0 Å². The summed E-state index contributed by atoms with van der Waals surface area (Å²) in [5, 5.41) is 11.9. The summed E-state index contributed by atoms with van der Waals surface area (Å²) < 4.78 is 0. The summed E-state index contributed by atoms with van der Waals surface area (Å²) in [7, 11) is 0. The lowest BCUT2D eigenvalue weighted by Gasteiger charge is -2.16. The predicted octanol–water partition coefficient (Wildman–Crippen LogP) is 1.76. The highest BCUT2D eigenvalue weighted by molar-refractivity contribution is 5.14. The zero-order chi connectivity index (χ0) is 11.9. The summed E-state index contributed by atoms with van der Waals surface area (Å²) in [5.74, 6) is 0. The van der Waals surface area contributed by atoms with Crippen molar-refractivity contribution >= 4 is 0 Å². The second-order valence-electron chi connectivity index (χ2n) is 4.57. The second kappa shape index (κ2) is 6.39. The van der Waals surface area contributed by atoms with Gasteiger partial charge >= 0.3 is 0 Å². The average Bonchev–Trinajstić information content (AvgIpc) is 2.79. The van der Waals surface area contributed by atoms with Crippen LogP contribution in [-0.2, 0) is 6.54 Å². The molecule has 1 unspecified atom stereocenters. The largest absolute Gasteiger partial charge is 0.312 e. The lowest BCUT2D eigenvalue weighted by atomic mass is 10.2. The van der Waals surface area contributed by atoms with Gasteiger partial charge in [-0.2, -0.15) is 5.26 Å². The van der Waals surface area contributed by atoms with Crippen molar-refractivity contribution in [3.8, 4) is 6.07 Å². The lowest BCUT2D eigenvalue weighted by molar-refractivity contribution is 0.320. The fourth-order valence-corrected chi connectivity index (χ4v) is 2.32. The van der Waals surface area contributed by atoms with Gasteiger partial charge in [0, 0.05) is 38.6 Å². The molecule has 1 heterocycles. The molecule has 1 fully saturated rings. The molecule has 90 valence electrons. The van der Waals surface area contributed by atoms with Gasteiger partial charge in [0.15, 0.2) is 0 Å². The third kappa shape index (κ3) is 3.85. The number of likely N-dealkylation sites (tertiary alicyclic amines) is 1. The molecule has 0 aromatic heterocycles. The first-order valence-corrected chi connectivity index (χ1v) is 6.25. The second-order valence-corrected chi connectivity index (χ2v) is 4.57. The number of hydrogen-bond acceptors (Lipinski definition) is 3. The van der Waals surface area contributed by atoms with E-state index in [4.69, 9.17) is 5.26 Å². The number of nitrogens with one attached hydrogen (secondary N) is 1. The van der Waals surface area contributed by atoms with Gasteiger partial charge < -0.3 is 5.32 Å². The molecular formula is C14H19N3. The standard InChI is InChI=1S/C14H19N3/c15-8-4-9-16-14-7-10-17(12-14)11-13-5-2-1-3-6-13/h1-3,5-6,14,16H,4,7,9-12H2. The van der Waals surface area contributed by atoms with Crippen LogP contribution in [0.5, 0.6) is 0 Å². The molecule has 17 heavy (non-hydrogen) atoms. The molecule has 0 saturated carbocycles. The molecule has 0 amide bonds. The molecule has 1 aromatic carbocycles. The molecule has 1 aliphatic rings. The smallest absolute Gasteiger partial charge is 0.0635 e. The van der Waals surface area contributed by atoms with Gasteiger partial charge in [-0.1, -0.05) is 30.3 Å². The van der Waals surface area contributed by atoms with Gasteiger partial charge in [0.2, 0.25) is 0 Å². The van der Waals surface area contributed by atoms with E-state index in [-0.39, 0.29) is 0 Å². The van der Waals surface area contributed by atoms with Crippen LogP contribution in [0.1, 0.15) is 18.4 Å². The van der Waals surface area contributed by atoms with E-state index >= 15 is 0 Å². The van der Waals surface area contributed by atoms with Crippen molar-refractivity contribution in [1.29, 1.82) is 5.26 Å². The van der Waals surface area contributed by atoms with Crippen LogP contribution in [0, 0.1) is 11.3 Å². The zero-order valence-electron chi connectivity index (χ0n) is 10.1. The maximum Gasteiger partial charge on any atom is 0.0635 e. The highest BCUT2D eigenvalue weighted by atomic mass is 15.2. The molecule has 1 saturated heterocycles. The van der Waals surface area contributed by atoms with Gasteiger partial charge in [-0.05, 0) is 12.0 Å². The van der Waals surface area contributed by atoms with E-state index in [1.165, 1.54) is 12.0 Å². The van der Waals surface area contributed by atoms with E-state index < -0.39 is 0 Å². The molecule has 0 spiro atoms. The van der Waals surface area contributed by atoms with Crippen LogP contribution in [0.15, 0.2) is 30.3 Å². The maximum atomic E-state index is 8.49. The first-order chi connectivity index (χ1) is 8.38. The SMILES string of the molecule is N#CCCNC1CCN(Cc2ccccc2)C1. The Bertz CT molecular complexity index is 369. The molecule has 1 N–H and O–H groups in total. The first-order valence-electron chi connectivity index (χ1n) is 6.25. The Morgan fingerprint density at radius 1 is 1.35 bits per heavy atom. The molecule has 3 heteroatoms. The minimum Gasteiger partial charge on any atom is -0.312 e. The van der Waals surface area contributed by atoms with Crippen LogP contribution in [0.4, 0.5) is 0 Å². The van der Waals surface area contributed by atoms with E-state index in [1.807, 2.05) is 0 Å². The third-order valence-electron chi connectivity index (χ3n) is 3.19. The molecule has 1 atom stereocenters. The Balaban J connectivity index is 1.73. The summed E-state index contributed by atoms with van der Waals surface area (Å²) in [6, 6.07) is 13.3. The fraction of sp³-hybridized carbons (Fsp3) is 0.500. The fourth-order valence-electron chi connectivity index (χ4n) is 2.32. The molecule has 0 aliphatic carbocycles. The molecule has 0 bridgehead atoms. The molecular weight excluding hydrogens is 210 g/mol. The quantitative estimate of drug-likeness (QED) is 0.782. The van der Waals surface area contributed by atoms with Crippen LogP contribution in [-0.4, -0.2) is 30.6 Å². The minimum atomic E-state index is 0.562. The van der Waals surface area contributed by atoms with Crippen molar-refractivity contribution in [1.82, 2.24) is 10.2 Å². The topological polar surface area (TPSA) is 39.1 Å². The van der Waals surface area contributed by atoms with Crippen molar-refractivity contribution in [2.24, 2.45) is 0 Å². The molecule has 0 radical (unpaired) electrons. The summed E-state index contributed by atoms with van der Waals surface area (Å²) >= 11 is 0. The van der Waals surface area contributed by atoms with Crippen molar-refractivity contribution in [2.75, 3.05) is 19.6 Å². The normalized spacial score (nSPS) is 20.3. The van der Waals surface area contributed by atoms with Gasteiger partial charge in [0.1, 0.15) is 0 Å². The number of hydrogen-bond donors (Lipinski definition) is 1. The monoisotopic (exact) mass is 229 g/mol. The summed E-state index contributed by atoms with van der Waals surface area (Å²) in [6.45, 7) is 4.11. The Hall–Kier alpha value is -1.37.